The maximum Gasteiger partial charge on any atom is 0.303 e. The third-order valence-electron chi connectivity index (χ3n) is 3.35. The van der Waals surface area contributed by atoms with Crippen LogP contribution in [0.3, 0.4) is 0 Å². The molecule has 1 N–H and O–H groups in total. The van der Waals surface area contributed by atoms with E-state index in [1.165, 1.54) is 0 Å². The van der Waals surface area contributed by atoms with Crippen molar-refractivity contribution >= 4 is 19.5 Å². The van der Waals surface area contributed by atoms with Crippen molar-refractivity contribution in [3.05, 3.63) is 30.1 Å². The lowest BCUT2D eigenvalue weighted by Gasteiger charge is -2.21. The van der Waals surface area contributed by atoms with Crippen molar-refractivity contribution in [1.82, 2.24) is 4.98 Å². The lowest BCUT2D eigenvalue weighted by Crippen LogP contribution is -2.15. The fourth-order valence-electron chi connectivity index (χ4n) is 2.07. The lowest BCUT2D eigenvalue weighted by molar-refractivity contribution is -0.137. The molecule has 1 aromatic rings. The summed E-state index contributed by atoms with van der Waals surface area (Å²) in [6.07, 6.45) is 5.97. The topological polar surface area (TPSA) is 50.2 Å². The molecule has 0 unspecified atom stereocenters. The number of rotatable bonds is 4. The van der Waals surface area contributed by atoms with Gasteiger partial charge in [-0.3, -0.25) is 9.78 Å². The number of carboxylic acids is 1. The number of carbonyl (C=O) groups is 1. The van der Waals surface area contributed by atoms with Gasteiger partial charge in [0.25, 0.3) is 0 Å². The summed E-state index contributed by atoms with van der Waals surface area (Å²) in [5.74, 6) is -0.610. The van der Waals surface area contributed by atoms with E-state index in [0.29, 0.717) is 0 Å². The molecule has 16 heavy (non-hydrogen) atoms. The van der Waals surface area contributed by atoms with Crippen molar-refractivity contribution in [3.63, 3.8) is 0 Å². The monoisotopic (exact) mass is 239 g/mol. The molecule has 1 aliphatic rings. The molecule has 0 aliphatic heterocycles. The molecule has 2 rings (SSSR count). The lowest BCUT2D eigenvalue weighted by atomic mass is 9.83. The van der Waals surface area contributed by atoms with Crippen LogP contribution in [-0.2, 0) is 4.79 Å². The average molecular weight is 239 g/mol. The minimum atomic E-state index is -0.725. The van der Waals surface area contributed by atoms with Gasteiger partial charge >= 0.3 is 5.97 Å². The standard InChI is InChI=1S/C12H15NO2.H2S/c1-12(4-5-12)10(7-11(14)15)9-3-2-6-13-8-9;/h2-3,6,8,10H,4-5,7H2,1H3,(H,14,15);1H2/t10-;/m1./s1. The van der Waals surface area contributed by atoms with Crippen molar-refractivity contribution in [2.24, 2.45) is 5.41 Å². The molecular formula is C12H17NO2S. The number of aliphatic carboxylic acids is 1. The summed E-state index contributed by atoms with van der Waals surface area (Å²) in [5.41, 5.74) is 1.24. The van der Waals surface area contributed by atoms with E-state index in [1.54, 1.807) is 12.4 Å². The number of pyridine rings is 1. The number of aromatic nitrogens is 1. The van der Waals surface area contributed by atoms with Crippen LogP contribution in [0.4, 0.5) is 0 Å². The molecule has 1 fully saturated rings. The fourth-order valence-corrected chi connectivity index (χ4v) is 2.07. The van der Waals surface area contributed by atoms with Gasteiger partial charge < -0.3 is 5.11 Å². The Kier molecular flexibility index (Phi) is 3.97. The van der Waals surface area contributed by atoms with Crippen LogP contribution in [0.25, 0.3) is 0 Å². The van der Waals surface area contributed by atoms with Gasteiger partial charge in [-0.05, 0) is 29.9 Å². The van der Waals surface area contributed by atoms with Gasteiger partial charge in [0.15, 0.2) is 0 Å². The molecule has 88 valence electrons. The van der Waals surface area contributed by atoms with Gasteiger partial charge in [-0.15, -0.1) is 0 Å². The highest BCUT2D eigenvalue weighted by molar-refractivity contribution is 7.59. The van der Waals surface area contributed by atoms with E-state index in [1.807, 2.05) is 12.1 Å². The molecule has 1 saturated carbocycles. The molecule has 0 bridgehead atoms. The largest absolute Gasteiger partial charge is 0.481 e. The summed E-state index contributed by atoms with van der Waals surface area (Å²) in [5, 5.41) is 8.92. The summed E-state index contributed by atoms with van der Waals surface area (Å²) < 4.78 is 0. The molecule has 1 aliphatic carbocycles. The third kappa shape index (κ3) is 2.76. The van der Waals surface area contributed by atoms with Gasteiger partial charge in [-0.25, -0.2) is 0 Å². The summed E-state index contributed by atoms with van der Waals surface area (Å²) in [6, 6.07) is 3.85. The zero-order valence-electron chi connectivity index (χ0n) is 9.31. The van der Waals surface area contributed by atoms with Crippen molar-refractivity contribution in [1.29, 1.82) is 0 Å². The normalized spacial score (nSPS) is 18.3. The van der Waals surface area contributed by atoms with Crippen LogP contribution in [0.1, 0.15) is 37.7 Å². The molecule has 0 saturated heterocycles. The van der Waals surface area contributed by atoms with E-state index in [-0.39, 0.29) is 31.2 Å². The predicted octanol–water partition coefficient (Wildman–Crippen LogP) is 2.55. The highest BCUT2D eigenvalue weighted by Crippen LogP contribution is 2.56. The smallest absolute Gasteiger partial charge is 0.303 e. The van der Waals surface area contributed by atoms with Gasteiger partial charge in [0.2, 0.25) is 0 Å². The Bertz CT molecular complexity index is 363. The van der Waals surface area contributed by atoms with Crippen LogP contribution in [0.15, 0.2) is 24.5 Å². The van der Waals surface area contributed by atoms with E-state index in [4.69, 9.17) is 5.11 Å². The molecule has 0 spiro atoms. The first-order chi connectivity index (χ1) is 7.12. The van der Waals surface area contributed by atoms with Crippen molar-refractivity contribution < 1.29 is 9.90 Å². The molecule has 0 radical (unpaired) electrons. The van der Waals surface area contributed by atoms with Gasteiger partial charge in [0.1, 0.15) is 0 Å². The zero-order valence-corrected chi connectivity index (χ0v) is 10.3. The summed E-state index contributed by atoms with van der Waals surface area (Å²) in [6.45, 7) is 2.16. The zero-order chi connectivity index (χ0) is 10.9. The summed E-state index contributed by atoms with van der Waals surface area (Å²) >= 11 is 0. The second kappa shape index (κ2) is 4.87. The van der Waals surface area contributed by atoms with Crippen molar-refractivity contribution in [2.45, 2.75) is 32.1 Å². The Morgan fingerprint density at radius 2 is 2.31 bits per heavy atom. The van der Waals surface area contributed by atoms with E-state index in [2.05, 4.69) is 11.9 Å². The molecular weight excluding hydrogens is 222 g/mol. The average Bonchev–Trinajstić information content (AvgIpc) is 2.95. The molecule has 4 heteroatoms. The molecule has 0 amide bonds. The van der Waals surface area contributed by atoms with Gasteiger partial charge in [-0.1, -0.05) is 13.0 Å². The van der Waals surface area contributed by atoms with E-state index >= 15 is 0 Å². The first-order valence-corrected chi connectivity index (χ1v) is 5.23. The van der Waals surface area contributed by atoms with Gasteiger partial charge in [0, 0.05) is 18.3 Å². The van der Waals surface area contributed by atoms with Crippen LogP contribution < -0.4 is 0 Å². The van der Waals surface area contributed by atoms with Crippen LogP contribution in [0.2, 0.25) is 0 Å². The van der Waals surface area contributed by atoms with Crippen LogP contribution in [-0.4, -0.2) is 16.1 Å². The number of hydrogen-bond donors (Lipinski definition) is 1. The van der Waals surface area contributed by atoms with E-state index < -0.39 is 5.97 Å². The van der Waals surface area contributed by atoms with Crippen LogP contribution >= 0.6 is 13.5 Å². The Balaban J connectivity index is 0.00000128. The highest BCUT2D eigenvalue weighted by Gasteiger charge is 2.46. The number of carboxylic acid groups (broad SMARTS) is 1. The number of nitrogens with zero attached hydrogens (tertiary/aromatic N) is 1. The molecule has 1 aromatic heterocycles. The minimum absolute atomic E-state index is 0. The molecule has 1 atom stereocenters. The predicted molar refractivity (Wildman–Crippen MR) is 67.0 cm³/mol. The molecule has 0 aromatic carbocycles. The Morgan fingerprint density at radius 1 is 1.62 bits per heavy atom. The summed E-state index contributed by atoms with van der Waals surface area (Å²) in [4.78, 5) is 14.9. The first kappa shape index (κ1) is 13.0. The third-order valence-corrected chi connectivity index (χ3v) is 3.35. The number of hydrogen-bond acceptors (Lipinski definition) is 2. The Morgan fingerprint density at radius 3 is 2.75 bits per heavy atom. The van der Waals surface area contributed by atoms with Gasteiger partial charge in [0.05, 0.1) is 6.42 Å². The second-order valence-electron chi connectivity index (χ2n) is 4.59. The molecule has 3 nitrogen and oxygen atoms in total. The fraction of sp³-hybridized carbons (Fsp3) is 0.500. The SMILES string of the molecule is CC1([C@H](CC(=O)O)c2cccnc2)CC1.S. The highest BCUT2D eigenvalue weighted by atomic mass is 32.1. The maximum absolute atomic E-state index is 10.8. The molecule has 1 heterocycles. The Labute approximate surface area is 102 Å². The summed E-state index contributed by atoms with van der Waals surface area (Å²) in [7, 11) is 0. The Hall–Kier alpha value is -1.03. The van der Waals surface area contributed by atoms with Crippen molar-refractivity contribution in [3.8, 4) is 0 Å². The van der Waals surface area contributed by atoms with Crippen LogP contribution in [0.5, 0.6) is 0 Å². The first-order valence-electron chi connectivity index (χ1n) is 5.23. The maximum atomic E-state index is 10.8. The second-order valence-corrected chi connectivity index (χ2v) is 4.59. The van der Waals surface area contributed by atoms with Crippen LogP contribution in [0, 0.1) is 5.41 Å². The van der Waals surface area contributed by atoms with E-state index in [0.717, 1.165) is 18.4 Å². The minimum Gasteiger partial charge on any atom is -0.481 e. The van der Waals surface area contributed by atoms with Gasteiger partial charge in [-0.2, -0.15) is 13.5 Å². The quantitative estimate of drug-likeness (QED) is 0.878. The van der Waals surface area contributed by atoms with Crippen molar-refractivity contribution in [2.75, 3.05) is 0 Å². The van der Waals surface area contributed by atoms with E-state index in [9.17, 15) is 4.79 Å².